The summed E-state index contributed by atoms with van der Waals surface area (Å²) in [6.07, 6.45) is 5.00. The van der Waals surface area contributed by atoms with E-state index in [1.165, 1.54) is 11.4 Å². The Bertz CT molecular complexity index is 1600. The quantitative estimate of drug-likeness (QED) is 0.255. The van der Waals surface area contributed by atoms with Crippen LogP contribution in [0.25, 0.3) is 21.8 Å². The van der Waals surface area contributed by atoms with Crippen LogP contribution in [-0.2, 0) is 4.79 Å². The predicted octanol–water partition coefficient (Wildman–Crippen LogP) is 4.32. The number of rotatable bonds is 11. The zero-order chi connectivity index (χ0) is 31.2. The highest BCUT2D eigenvalue weighted by molar-refractivity contribution is 5.92. The van der Waals surface area contributed by atoms with Gasteiger partial charge in [-0.25, -0.2) is 19.9 Å². The number of nitrogens with one attached hydrogen (secondary N) is 2. The van der Waals surface area contributed by atoms with Gasteiger partial charge in [-0.1, -0.05) is 20.8 Å². The van der Waals surface area contributed by atoms with Gasteiger partial charge in [0, 0.05) is 101 Å². The molecule has 2 saturated heterocycles. The third-order valence-corrected chi connectivity index (χ3v) is 9.01. The molecule has 2 aliphatic rings. The van der Waals surface area contributed by atoms with Crippen LogP contribution in [-0.4, -0.2) is 108 Å². The smallest absolute Gasteiger partial charge is 0.222 e. The fourth-order valence-corrected chi connectivity index (χ4v) is 6.24. The summed E-state index contributed by atoms with van der Waals surface area (Å²) < 4.78 is 0. The van der Waals surface area contributed by atoms with Gasteiger partial charge in [0.05, 0.1) is 11.0 Å². The number of nitrogens with zero attached hydrogens (tertiary/aromatic N) is 8. The first-order chi connectivity index (χ1) is 22.0. The lowest BCUT2D eigenvalue weighted by Crippen LogP contribution is -2.49. The molecule has 11 heteroatoms. The molecule has 2 N–H and O–H groups in total. The first kappa shape index (κ1) is 30.8. The zero-order valence-electron chi connectivity index (χ0n) is 26.9. The minimum absolute atomic E-state index is 0.251. The fourth-order valence-electron chi connectivity index (χ4n) is 6.24. The number of carbonyl (C=O) groups is 1. The van der Waals surface area contributed by atoms with Gasteiger partial charge in [-0.05, 0) is 48.7 Å². The molecule has 0 aliphatic carbocycles. The number of carbonyl (C=O) groups excluding carboxylic acids is 1. The number of benzene rings is 2. The zero-order valence-corrected chi connectivity index (χ0v) is 26.9. The Morgan fingerprint density at radius 2 is 1.27 bits per heavy atom. The minimum Gasteiger partial charge on any atom is -0.369 e. The van der Waals surface area contributed by atoms with Gasteiger partial charge in [0.1, 0.15) is 24.3 Å². The van der Waals surface area contributed by atoms with E-state index >= 15 is 0 Å². The molecule has 0 radical (unpaired) electrons. The second-order valence-electron chi connectivity index (χ2n) is 12.4. The van der Waals surface area contributed by atoms with Gasteiger partial charge in [0.15, 0.2) is 0 Å². The van der Waals surface area contributed by atoms with Crippen molar-refractivity contribution in [3.63, 3.8) is 0 Å². The Labute approximate surface area is 266 Å². The maximum absolute atomic E-state index is 12.0. The van der Waals surface area contributed by atoms with E-state index in [4.69, 9.17) is 0 Å². The highest BCUT2D eigenvalue weighted by Crippen LogP contribution is 2.28. The molecule has 6 rings (SSSR count). The van der Waals surface area contributed by atoms with Crippen molar-refractivity contribution >= 4 is 50.7 Å². The monoisotopic (exact) mass is 610 g/mol. The number of hydrogen-bond acceptors (Lipinski definition) is 10. The summed E-state index contributed by atoms with van der Waals surface area (Å²) in [7, 11) is 0. The van der Waals surface area contributed by atoms with Gasteiger partial charge >= 0.3 is 0 Å². The molecule has 2 aromatic heterocycles. The molecule has 1 amide bonds. The molecular weight excluding hydrogens is 564 g/mol. The van der Waals surface area contributed by atoms with Crippen LogP contribution in [0.5, 0.6) is 0 Å². The van der Waals surface area contributed by atoms with Crippen molar-refractivity contribution in [1.82, 2.24) is 29.7 Å². The van der Waals surface area contributed by atoms with E-state index in [1.54, 1.807) is 12.7 Å². The van der Waals surface area contributed by atoms with E-state index < -0.39 is 0 Å². The molecule has 238 valence electrons. The number of piperazine rings is 2. The molecule has 2 aromatic carbocycles. The molecule has 0 saturated carbocycles. The van der Waals surface area contributed by atoms with Crippen molar-refractivity contribution in [2.24, 2.45) is 5.92 Å². The van der Waals surface area contributed by atoms with Gasteiger partial charge in [-0.2, -0.15) is 0 Å². The van der Waals surface area contributed by atoms with Gasteiger partial charge in [0.25, 0.3) is 0 Å². The lowest BCUT2D eigenvalue weighted by atomic mass is 10.1. The minimum atomic E-state index is 0.251. The normalized spacial score (nSPS) is 16.1. The molecule has 0 spiro atoms. The lowest BCUT2D eigenvalue weighted by Gasteiger charge is -2.37. The fraction of sp³-hybridized carbons (Fsp3) is 0.500. The van der Waals surface area contributed by atoms with E-state index in [-0.39, 0.29) is 5.91 Å². The van der Waals surface area contributed by atoms with Crippen LogP contribution in [0.2, 0.25) is 0 Å². The summed E-state index contributed by atoms with van der Waals surface area (Å²) in [4.78, 5) is 39.4. The van der Waals surface area contributed by atoms with E-state index in [1.807, 2.05) is 11.8 Å². The van der Waals surface area contributed by atoms with E-state index in [0.717, 1.165) is 112 Å². The summed E-state index contributed by atoms with van der Waals surface area (Å²) >= 11 is 0. The van der Waals surface area contributed by atoms with E-state index in [2.05, 4.69) is 95.5 Å². The number of hydrogen-bond donors (Lipinski definition) is 2. The molecule has 0 unspecified atom stereocenters. The van der Waals surface area contributed by atoms with Crippen LogP contribution < -0.4 is 20.4 Å². The summed E-state index contributed by atoms with van der Waals surface area (Å²) in [6.45, 7) is 16.2. The molecule has 11 nitrogen and oxygen atoms in total. The summed E-state index contributed by atoms with van der Waals surface area (Å²) in [5.41, 5.74) is 4.31. The summed E-state index contributed by atoms with van der Waals surface area (Å²) in [5, 5.41) is 9.12. The van der Waals surface area contributed by atoms with Crippen LogP contribution in [0.15, 0.2) is 49.1 Å². The Kier molecular flexibility index (Phi) is 9.73. The summed E-state index contributed by atoms with van der Waals surface area (Å²) in [5.74, 6) is 2.69. The third-order valence-electron chi connectivity index (χ3n) is 9.01. The SMILES string of the molecule is CCC(=O)N1CCN(CCNc2ncnc3cc(N4CCN(c5ccc6c(NCCC(C)C)ncnc6c5)CC4)ccc23)CC1. The molecular formula is C34H46N10O. The Hall–Kier alpha value is -4.25. The van der Waals surface area contributed by atoms with E-state index in [0.29, 0.717) is 12.3 Å². The molecule has 0 bridgehead atoms. The Morgan fingerprint density at radius 1 is 0.733 bits per heavy atom. The van der Waals surface area contributed by atoms with Crippen LogP contribution in [0, 0.1) is 5.92 Å². The average Bonchev–Trinajstić information content (AvgIpc) is 3.08. The maximum atomic E-state index is 12.0. The van der Waals surface area contributed by atoms with Crippen LogP contribution in [0.1, 0.15) is 33.6 Å². The first-order valence-corrected chi connectivity index (χ1v) is 16.5. The molecule has 4 heterocycles. The molecule has 0 atom stereocenters. The number of anilines is 4. The second kappa shape index (κ2) is 14.2. The highest BCUT2D eigenvalue weighted by Gasteiger charge is 2.21. The molecule has 4 aromatic rings. The van der Waals surface area contributed by atoms with E-state index in [9.17, 15) is 4.79 Å². The standard InChI is InChI=1S/C34H46N10O/c1-4-32(45)44-15-13-41(14-16-44)12-11-36-34-29-8-6-27(22-31(29)38-24-40-34)43-19-17-42(18-20-43)26-5-7-28-30(21-26)37-23-39-33(28)35-10-9-25(2)3/h5-8,21-25H,4,9-20H2,1-3H3,(H,35,37,39)(H,36,38,40). The Morgan fingerprint density at radius 3 is 1.78 bits per heavy atom. The van der Waals surface area contributed by atoms with Crippen molar-refractivity contribution in [2.45, 2.75) is 33.6 Å². The van der Waals surface area contributed by atoms with Gasteiger partial charge in [-0.15, -0.1) is 0 Å². The lowest BCUT2D eigenvalue weighted by molar-refractivity contribution is -0.132. The van der Waals surface area contributed by atoms with Crippen LogP contribution >= 0.6 is 0 Å². The van der Waals surface area contributed by atoms with Crippen molar-refractivity contribution < 1.29 is 4.79 Å². The maximum Gasteiger partial charge on any atom is 0.222 e. The first-order valence-electron chi connectivity index (χ1n) is 16.5. The van der Waals surface area contributed by atoms with Crippen LogP contribution in [0.4, 0.5) is 23.0 Å². The topological polar surface area (TPSA) is 106 Å². The van der Waals surface area contributed by atoms with Crippen molar-refractivity contribution in [3.05, 3.63) is 49.1 Å². The third kappa shape index (κ3) is 7.36. The molecule has 2 aliphatic heterocycles. The van der Waals surface area contributed by atoms with Crippen molar-refractivity contribution in [2.75, 3.05) is 92.4 Å². The largest absolute Gasteiger partial charge is 0.369 e. The number of amides is 1. The van der Waals surface area contributed by atoms with Gasteiger partial charge in [0.2, 0.25) is 5.91 Å². The number of aromatic nitrogens is 4. The predicted molar refractivity (Wildman–Crippen MR) is 183 cm³/mol. The van der Waals surface area contributed by atoms with Gasteiger partial charge in [-0.3, -0.25) is 9.69 Å². The van der Waals surface area contributed by atoms with Gasteiger partial charge < -0.3 is 25.3 Å². The molecule has 2 fully saturated rings. The summed E-state index contributed by atoms with van der Waals surface area (Å²) in [6, 6.07) is 13.1. The van der Waals surface area contributed by atoms with Crippen molar-refractivity contribution in [3.8, 4) is 0 Å². The molecule has 45 heavy (non-hydrogen) atoms. The number of fused-ring (bicyclic) bond motifs is 2. The highest BCUT2D eigenvalue weighted by atomic mass is 16.2. The second-order valence-corrected chi connectivity index (χ2v) is 12.4. The van der Waals surface area contributed by atoms with Crippen LogP contribution in [0.3, 0.4) is 0 Å². The average molecular weight is 611 g/mol. The Balaban J connectivity index is 1.03. The van der Waals surface area contributed by atoms with Crippen molar-refractivity contribution in [1.29, 1.82) is 0 Å².